The third-order valence-electron chi connectivity index (χ3n) is 8.60. The van der Waals surface area contributed by atoms with E-state index in [0.717, 1.165) is 53.3 Å². The number of amides is 3. The molecule has 0 saturated carbocycles. The number of pyridine rings is 2. The van der Waals surface area contributed by atoms with Gasteiger partial charge in [0.25, 0.3) is 0 Å². The van der Waals surface area contributed by atoms with Crippen molar-refractivity contribution >= 4 is 39.9 Å². The molecule has 3 amide bonds. The molecule has 5 rings (SSSR count). The van der Waals surface area contributed by atoms with Crippen LogP contribution >= 0.6 is 0 Å². The maximum Gasteiger partial charge on any atom is 0.323 e. The first-order valence-corrected chi connectivity index (χ1v) is 17.0. The minimum absolute atomic E-state index is 0.145. The largest absolute Gasteiger partial charge is 0.494 e. The van der Waals surface area contributed by atoms with Gasteiger partial charge in [-0.1, -0.05) is 70.4 Å². The van der Waals surface area contributed by atoms with Gasteiger partial charge < -0.3 is 30.7 Å². The van der Waals surface area contributed by atoms with Crippen molar-refractivity contribution in [3.05, 3.63) is 108 Å². The van der Waals surface area contributed by atoms with Crippen molar-refractivity contribution in [2.75, 3.05) is 23.1 Å². The van der Waals surface area contributed by atoms with Crippen LogP contribution in [0.1, 0.15) is 70.2 Å². The molecule has 0 spiro atoms. The Kier molecular flexibility index (Phi) is 11.9. The second-order valence-electron chi connectivity index (χ2n) is 12.9. The molecule has 0 unspecified atom stereocenters. The van der Waals surface area contributed by atoms with Crippen LogP contribution in [0.2, 0.25) is 0 Å². The van der Waals surface area contributed by atoms with Gasteiger partial charge in [-0.2, -0.15) is 0 Å². The molecule has 0 aliphatic rings. The van der Waals surface area contributed by atoms with E-state index in [1.165, 1.54) is 6.92 Å². The Morgan fingerprint density at radius 3 is 2.34 bits per heavy atom. The summed E-state index contributed by atoms with van der Waals surface area (Å²) in [5.74, 6) is 2.27. The Balaban J connectivity index is 1.37. The quantitative estimate of drug-likeness (QED) is 0.0816. The molecule has 50 heavy (non-hydrogen) atoms. The molecule has 0 saturated heterocycles. The lowest BCUT2D eigenvalue weighted by molar-refractivity contribution is -0.119. The maximum absolute atomic E-state index is 13.6. The number of anilines is 3. The van der Waals surface area contributed by atoms with Gasteiger partial charge in [0.1, 0.15) is 23.1 Å². The molecule has 0 fully saturated rings. The third-order valence-corrected chi connectivity index (χ3v) is 8.60. The van der Waals surface area contributed by atoms with Crippen LogP contribution in [0.5, 0.6) is 17.2 Å². The van der Waals surface area contributed by atoms with Gasteiger partial charge in [0.2, 0.25) is 5.91 Å². The molecule has 4 N–H and O–H groups in total. The van der Waals surface area contributed by atoms with Gasteiger partial charge in [-0.05, 0) is 59.9 Å². The highest BCUT2D eigenvalue weighted by Crippen LogP contribution is 2.39. The van der Waals surface area contributed by atoms with Crippen LogP contribution in [0.3, 0.4) is 0 Å². The van der Waals surface area contributed by atoms with Gasteiger partial charge in [0, 0.05) is 48.3 Å². The molecule has 5 aromatic rings. The van der Waals surface area contributed by atoms with Gasteiger partial charge in [0.15, 0.2) is 0 Å². The SMILES string of the molecule is CCCCCC(C)(C)c1cc(CNC(C)=O)c(OC)c(NC(=O)Nc2ccc(Oc3ccnc(NCc4ccccn4)c3)c3ccccc23)c1. The second-order valence-corrected chi connectivity index (χ2v) is 12.9. The topological polar surface area (TPSA) is 127 Å². The van der Waals surface area contributed by atoms with Crippen molar-refractivity contribution < 1.29 is 19.1 Å². The van der Waals surface area contributed by atoms with E-state index < -0.39 is 6.03 Å². The van der Waals surface area contributed by atoms with Gasteiger partial charge in [0.05, 0.1) is 30.7 Å². The lowest BCUT2D eigenvalue weighted by Gasteiger charge is -2.28. The van der Waals surface area contributed by atoms with E-state index in [0.29, 0.717) is 41.0 Å². The fraction of sp³-hybridized carbons (Fsp3) is 0.300. The highest BCUT2D eigenvalue weighted by atomic mass is 16.5. The summed E-state index contributed by atoms with van der Waals surface area (Å²) in [5.41, 5.74) is 3.74. The third kappa shape index (κ3) is 9.28. The smallest absolute Gasteiger partial charge is 0.323 e. The second kappa shape index (κ2) is 16.6. The molecule has 10 heteroatoms. The van der Waals surface area contributed by atoms with Crippen LogP contribution in [0.15, 0.2) is 91.3 Å². The minimum Gasteiger partial charge on any atom is -0.494 e. The number of hydrogen-bond donors (Lipinski definition) is 4. The zero-order chi connectivity index (χ0) is 35.5. The summed E-state index contributed by atoms with van der Waals surface area (Å²) in [4.78, 5) is 34.2. The standard InChI is InChI=1S/C40H46N6O4/c1-6-7-11-19-40(3,4)29-22-28(25-43-27(2)47)38(49-5)35(23-29)46-39(48)45-34-16-17-36(33-15-9-8-14-32(33)34)50-31-18-21-42-37(24-31)44-26-30-13-10-12-20-41-30/h8-10,12-18,20-24H,6-7,11,19,25-26H2,1-5H3,(H,42,44)(H,43,47)(H2,45,46,48). The molecular weight excluding hydrogens is 628 g/mol. The normalized spacial score (nSPS) is 11.1. The van der Waals surface area contributed by atoms with Crippen molar-refractivity contribution in [2.24, 2.45) is 0 Å². The molecular formula is C40H46N6O4. The van der Waals surface area contributed by atoms with E-state index in [4.69, 9.17) is 9.47 Å². The van der Waals surface area contributed by atoms with Crippen LogP contribution in [-0.4, -0.2) is 29.0 Å². The number of unbranched alkanes of at least 4 members (excludes halogenated alkanes) is 2. The predicted molar refractivity (Wildman–Crippen MR) is 200 cm³/mol. The van der Waals surface area contributed by atoms with Gasteiger partial charge >= 0.3 is 6.03 Å². The molecule has 0 aliphatic carbocycles. The maximum atomic E-state index is 13.6. The van der Waals surface area contributed by atoms with E-state index in [1.807, 2.05) is 66.7 Å². The van der Waals surface area contributed by atoms with Gasteiger partial charge in [-0.15, -0.1) is 0 Å². The molecule has 0 bridgehead atoms. The molecule has 10 nitrogen and oxygen atoms in total. The number of hydrogen-bond acceptors (Lipinski definition) is 7. The van der Waals surface area contributed by atoms with E-state index in [9.17, 15) is 9.59 Å². The summed E-state index contributed by atoms with van der Waals surface area (Å²) in [6, 6.07) is 24.4. The molecule has 0 atom stereocenters. The van der Waals surface area contributed by atoms with Crippen LogP contribution < -0.4 is 30.7 Å². The Hall–Kier alpha value is -5.64. The van der Waals surface area contributed by atoms with Gasteiger partial charge in [-0.25, -0.2) is 9.78 Å². The van der Waals surface area contributed by atoms with Crippen molar-refractivity contribution in [2.45, 2.75) is 71.9 Å². The number of benzene rings is 3. The van der Waals surface area contributed by atoms with E-state index in [-0.39, 0.29) is 17.9 Å². The fourth-order valence-corrected chi connectivity index (χ4v) is 5.85. The number of methoxy groups -OCH3 is 1. The molecule has 0 aliphatic heterocycles. The number of nitrogens with one attached hydrogen (secondary N) is 4. The Bertz CT molecular complexity index is 1930. The molecule has 2 heterocycles. The zero-order valence-corrected chi connectivity index (χ0v) is 29.4. The molecule has 2 aromatic heterocycles. The monoisotopic (exact) mass is 674 g/mol. The number of fused-ring (bicyclic) bond motifs is 1. The van der Waals surface area contributed by atoms with E-state index >= 15 is 0 Å². The van der Waals surface area contributed by atoms with Crippen molar-refractivity contribution in [1.29, 1.82) is 0 Å². The predicted octanol–water partition coefficient (Wildman–Crippen LogP) is 9.18. The van der Waals surface area contributed by atoms with Gasteiger partial charge in [-0.3, -0.25) is 9.78 Å². The lowest BCUT2D eigenvalue weighted by Crippen LogP contribution is -2.24. The first kappa shape index (κ1) is 35.7. The minimum atomic E-state index is -0.425. The molecule has 0 radical (unpaired) electrons. The first-order chi connectivity index (χ1) is 24.2. The highest BCUT2D eigenvalue weighted by molar-refractivity contribution is 6.08. The number of ether oxygens (including phenoxy) is 2. The summed E-state index contributed by atoms with van der Waals surface area (Å²) in [6.07, 6.45) is 7.82. The number of nitrogens with zero attached hydrogens (tertiary/aromatic N) is 2. The summed E-state index contributed by atoms with van der Waals surface area (Å²) in [7, 11) is 1.57. The van der Waals surface area contributed by atoms with Crippen molar-refractivity contribution in [1.82, 2.24) is 15.3 Å². The van der Waals surface area contributed by atoms with Crippen LogP contribution in [0.4, 0.5) is 22.0 Å². The number of rotatable bonds is 15. The summed E-state index contributed by atoms with van der Waals surface area (Å²) < 4.78 is 12.1. The number of carbonyl (C=O) groups is 2. The summed E-state index contributed by atoms with van der Waals surface area (Å²) >= 11 is 0. The Morgan fingerprint density at radius 1 is 0.820 bits per heavy atom. The van der Waals surface area contributed by atoms with Crippen molar-refractivity contribution in [3.8, 4) is 17.2 Å². The molecule has 3 aromatic carbocycles. The van der Waals surface area contributed by atoms with E-state index in [2.05, 4.69) is 58.1 Å². The van der Waals surface area contributed by atoms with Crippen LogP contribution in [0, 0.1) is 0 Å². The average Bonchev–Trinajstić information content (AvgIpc) is 3.11. The van der Waals surface area contributed by atoms with Crippen molar-refractivity contribution in [3.63, 3.8) is 0 Å². The highest BCUT2D eigenvalue weighted by Gasteiger charge is 2.25. The number of carbonyl (C=O) groups excluding carboxylic acids is 2. The number of aromatic nitrogens is 2. The summed E-state index contributed by atoms with van der Waals surface area (Å²) in [5, 5.41) is 13.9. The fourth-order valence-electron chi connectivity index (χ4n) is 5.85. The summed E-state index contributed by atoms with van der Waals surface area (Å²) in [6.45, 7) is 8.90. The van der Waals surface area contributed by atoms with E-state index in [1.54, 1.807) is 25.6 Å². The lowest BCUT2D eigenvalue weighted by atomic mass is 9.79. The zero-order valence-electron chi connectivity index (χ0n) is 29.4. The Morgan fingerprint density at radius 2 is 1.60 bits per heavy atom. The Labute approximate surface area is 294 Å². The average molecular weight is 675 g/mol. The van der Waals surface area contributed by atoms with Crippen LogP contribution in [-0.2, 0) is 23.3 Å². The first-order valence-electron chi connectivity index (χ1n) is 17.0. The van der Waals surface area contributed by atoms with Crippen LogP contribution in [0.25, 0.3) is 10.8 Å². The number of urea groups is 1. The molecule has 260 valence electrons.